The van der Waals surface area contributed by atoms with Crippen LogP contribution in [0.15, 0.2) is 47.8 Å². The fraction of sp³-hybridized carbons (Fsp3) is 0.238. The lowest BCUT2D eigenvalue weighted by Gasteiger charge is -2.12. The van der Waals surface area contributed by atoms with Gasteiger partial charge >= 0.3 is 0 Å². The highest BCUT2D eigenvalue weighted by Gasteiger charge is 2.14. The van der Waals surface area contributed by atoms with Crippen molar-refractivity contribution >= 4 is 33.8 Å². The van der Waals surface area contributed by atoms with Gasteiger partial charge < -0.3 is 20.1 Å². The minimum atomic E-state index is -0.232. The van der Waals surface area contributed by atoms with E-state index in [-0.39, 0.29) is 5.91 Å². The third-order valence-corrected chi connectivity index (χ3v) is 4.96. The molecule has 0 fully saturated rings. The van der Waals surface area contributed by atoms with Crippen LogP contribution in [0, 0.1) is 0 Å². The van der Waals surface area contributed by atoms with Gasteiger partial charge in [0.15, 0.2) is 16.6 Å². The molecule has 0 aliphatic rings. The summed E-state index contributed by atoms with van der Waals surface area (Å²) in [4.78, 5) is 17.0. The number of ether oxygens (including phenoxy) is 2. The van der Waals surface area contributed by atoms with Gasteiger partial charge in [0.1, 0.15) is 5.69 Å². The van der Waals surface area contributed by atoms with Crippen LogP contribution in [0.25, 0.3) is 0 Å². The largest absolute Gasteiger partial charge is 0.493 e. The number of nitrogens with zero attached hydrogens (tertiary/aromatic N) is 1. The molecule has 3 rings (SSSR count). The Labute approximate surface area is 168 Å². The van der Waals surface area contributed by atoms with Gasteiger partial charge in [0, 0.05) is 22.8 Å². The average molecular weight is 398 g/mol. The van der Waals surface area contributed by atoms with E-state index >= 15 is 0 Å². The number of para-hydroxylation sites is 1. The molecule has 28 heavy (non-hydrogen) atoms. The van der Waals surface area contributed by atoms with Gasteiger partial charge in [0.2, 0.25) is 0 Å². The van der Waals surface area contributed by atoms with E-state index in [0.29, 0.717) is 28.2 Å². The highest BCUT2D eigenvalue weighted by molar-refractivity contribution is 7.14. The topological polar surface area (TPSA) is 72.5 Å². The zero-order valence-corrected chi connectivity index (χ0v) is 17.1. The fourth-order valence-electron chi connectivity index (χ4n) is 2.77. The van der Waals surface area contributed by atoms with Gasteiger partial charge in [0.05, 0.1) is 14.2 Å². The summed E-state index contributed by atoms with van der Waals surface area (Å²) < 4.78 is 10.5. The minimum absolute atomic E-state index is 0.232. The van der Waals surface area contributed by atoms with Crippen molar-refractivity contribution in [3.63, 3.8) is 0 Å². The van der Waals surface area contributed by atoms with Crippen molar-refractivity contribution in [1.82, 2.24) is 4.98 Å². The van der Waals surface area contributed by atoms with Crippen molar-refractivity contribution in [1.29, 1.82) is 0 Å². The lowest BCUT2D eigenvalue weighted by Crippen LogP contribution is -2.14. The Morgan fingerprint density at radius 2 is 1.82 bits per heavy atom. The number of aromatic nitrogens is 1. The molecule has 7 heteroatoms. The molecule has 146 valence electrons. The van der Waals surface area contributed by atoms with Crippen LogP contribution in [-0.4, -0.2) is 25.1 Å². The number of amides is 1. The van der Waals surface area contributed by atoms with Gasteiger partial charge in [-0.3, -0.25) is 4.79 Å². The molecule has 0 aliphatic carbocycles. The Morgan fingerprint density at radius 1 is 1.07 bits per heavy atom. The normalized spacial score (nSPS) is 10.6. The number of hydrogen-bond acceptors (Lipinski definition) is 6. The van der Waals surface area contributed by atoms with E-state index in [1.165, 1.54) is 11.3 Å². The number of benzene rings is 2. The number of methoxy groups -OCH3 is 2. The number of hydrogen-bond donors (Lipinski definition) is 2. The predicted molar refractivity (Wildman–Crippen MR) is 113 cm³/mol. The maximum atomic E-state index is 12.6. The maximum absolute atomic E-state index is 12.6. The highest BCUT2D eigenvalue weighted by Crippen LogP contribution is 2.32. The molecule has 1 amide bonds. The molecule has 1 heterocycles. The van der Waals surface area contributed by atoms with Crippen molar-refractivity contribution in [2.75, 3.05) is 24.9 Å². The molecule has 6 nitrogen and oxygen atoms in total. The van der Waals surface area contributed by atoms with Crippen LogP contribution in [-0.2, 0) is 0 Å². The standard InChI is InChI=1S/C21H23N3O3S/c1-13(2)15-7-5-6-8-16(15)23-20(25)17-12-28-21(24-17)22-14-9-10-18(26-3)19(11-14)27-4/h5-13H,1-4H3,(H,22,24)(H,23,25). The van der Waals surface area contributed by atoms with Crippen molar-refractivity contribution in [3.8, 4) is 11.5 Å². The highest BCUT2D eigenvalue weighted by atomic mass is 32.1. The monoisotopic (exact) mass is 397 g/mol. The Bertz CT molecular complexity index is 969. The molecule has 0 radical (unpaired) electrons. The SMILES string of the molecule is COc1ccc(Nc2nc(C(=O)Nc3ccccc3C(C)C)cs2)cc1OC. The fourth-order valence-corrected chi connectivity index (χ4v) is 3.48. The molecule has 0 bridgehead atoms. The number of rotatable bonds is 7. The number of thiazole rings is 1. The lowest BCUT2D eigenvalue weighted by atomic mass is 10.0. The second kappa shape index (κ2) is 8.75. The summed E-state index contributed by atoms with van der Waals surface area (Å²) in [6, 6.07) is 13.3. The molecule has 0 spiro atoms. The van der Waals surface area contributed by atoms with Gasteiger partial charge in [-0.05, 0) is 29.7 Å². The molecule has 0 saturated carbocycles. The van der Waals surface area contributed by atoms with E-state index in [1.54, 1.807) is 19.6 Å². The van der Waals surface area contributed by atoms with Crippen LogP contribution < -0.4 is 20.1 Å². The van der Waals surface area contributed by atoms with Gasteiger partial charge in [-0.15, -0.1) is 11.3 Å². The zero-order chi connectivity index (χ0) is 20.1. The van der Waals surface area contributed by atoms with E-state index < -0.39 is 0 Å². The second-order valence-corrected chi connectivity index (χ2v) is 7.29. The van der Waals surface area contributed by atoms with Gasteiger partial charge in [-0.2, -0.15) is 0 Å². The van der Waals surface area contributed by atoms with E-state index in [4.69, 9.17) is 9.47 Å². The van der Waals surface area contributed by atoms with Crippen molar-refractivity contribution in [2.45, 2.75) is 19.8 Å². The number of carbonyl (C=O) groups is 1. The first kappa shape index (κ1) is 19.7. The summed E-state index contributed by atoms with van der Waals surface area (Å²) >= 11 is 1.36. The number of carbonyl (C=O) groups excluding carboxylic acids is 1. The van der Waals surface area contributed by atoms with Crippen LogP contribution in [0.5, 0.6) is 11.5 Å². The second-order valence-electron chi connectivity index (χ2n) is 6.43. The van der Waals surface area contributed by atoms with Crippen LogP contribution in [0.4, 0.5) is 16.5 Å². The average Bonchev–Trinajstić information content (AvgIpc) is 3.16. The Morgan fingerprint density at radius 3 is 2.54 bits per heavy atom. The Hall–Kier alpha value is -3.06. The van der Waals surface area contributed by atoms with Crippen molar-refractivity contribution < 1.29 is 14.3 Å². The quantitative estimate of drug-likeness (QED) is 0.567. The summed E-state index contributed by atoms with van der Waals surface area (Å²) in [7, 11) is 3.18. The summed E-state index contributed by atoms with van der Waals surface area (Å²) in [6.07, 6.45) is 0. The molecular weight excluding hydrogens is 374 g/mol. The molecule has 1 aromatic heterocycles. The third-order valence-electron chi connectivity index (χ3n) is 4.20. The van der Waals surface area contributed by atoms with E-state index in [2.05, 4.69) is 29.5 Å². The molecule has 0 aliphatic heterocycles. The molecule has 0 unspecified atom stereocenters. The first-order valence-electron chi connectivity index (χ1n) is 8.86. The zero-order valence-electron chi connectivity index (χ0n) is 16.3. The first-order valence-corrected chi connectivity index (χ1v) is 9.74. The first-order chi connectivity index (χ1) is 13.5. The summed E-state index contributed by atoms with van der Waals surface area (Å²) in [5, 5.41) is 8.50. The Kier molecular flexibility index (Phi) is 6.16. The van der Waals surface area contributed by atoms with Crippen LogP contribution in [0.1, 0.15) is 35.8 Å². The molecule has 2 aromatic carbocycles. The molecular formula is C21H23N3O3S. The van der Waals surface area contributed by atoms with E-state index in [1.807, 2.05) is 42.5 Å². The van der Waals surface area contributed by atoms with Crippen molar-refractivity contribution in [3.05, 3.63) is 59.1 Å². The van der Waals surface area contributed by atoms with Gasteiger partial charge in [-0.1, -0.05) is 32.0 Å². The summed E-state index contributed by atoms with van der Waals surface area (Å²) in [5.41, 5.74) is 3.07. The minimum Gasteiger partial charge on any atom is -0.493 e. The van der Waals surface area contributed by atoms with Crippen LogP contribution in [0.2, 0.25) is 0 Å². The summed E-state index contributed by atoms with van der Waals surface area (Å²) in [5.74, 6) is 1.35. The molecule has 0 atom stereocenters. The maximum Gasteiger partial charge on any atom is 0.275 e. The number of nitrogens with one attached hydrogen (secondary N) is 2. The molecule has 3 aromatic rings. The third kappa shape index (κ3) is 4.43. The van der Waals surface area contributed by atoms with Crippen LogP contribution in [0.3, 0.4) is 0 Å². The lowest BCUT2D eigenvalue weighted by molar-refractivity contribution is 0.102. The van der Waals surface area contributed by atoms with Gasteiger partial charge in [-0.25, -0.2) is 4.98 Å². The smallest absolute Gasteiger partial charge is 0.275 e. The number of anilines is 3. The summed E-state index contributed by atoms with van der Waals surface area (Å²) in [6.45, 7) is 4.19. The van der Waals surface area contributed by atoms with Crippen molar-refractivity contribution in [2.24, 2.45) is 0 Å². The molecule has 2 N–H and O–H groups in total. The van der Waals surface area contributed by atoms with Crippen LogP contribution >= 0.6 is 11.3 Å². The predicted octanol–water partition coefficient (Wildman–Crippen LogP) is 5.28. The van der Waals surface area contributed by atoms with E-state index in [0.717, 1.165) is 16.9 Å². The van der Waals surface area contributed by atoms with Gasteiger partial charge in [0.25, 0.3) is 5.91 Å². The molecule has 0 saturated heterocycles. The Balaban J connectivity index is 1.73. The van der Waals surface area contributed by atoms with E-state index in [9.17, 15) is 4.79 Å².